The maximum atomic E-state index is 12.5. The van der Waals surface area contributed by atoms with E-state index in [-0.39, 0.29) is 18.1 Å². The van der Waals surface area contributed by atoms with E-state index in [0.717, 1.165) is 18.7 Å². The summed E-state index contributed by atoms with van der Waals surface area (Å²) in [4.78, 5) is 14.4. The lowest BCUT2D eigenvalue weighted by molar-refractivity contribution is -0.137. The van der Waals surface area contributed by atoms with Crippen molar-refractivity contribution in [3.8, 4) is 0 Å². The summed E-state index contributed by atoms with van der Waals surface area (Å²) in [5.41, 5.74) is 0.976. The van der Waals surface area contributed by atoms with Gasteiger partial charge in [-0.2, -0.15) is 0 Å². The van der Waals surface area contributed by atoms with Gasteiger partial charge in [0.2, 0.25) is 5.91 Å². The Kier molecular flexibility index (Phi) is 6.03. The van der Waals surface area contributed by atoms with Crippen LogP contribution in [0.15, 0.2) is 24.3 Å². The van der Waals surface area contributed by atoms with Gasteiger partial charge in [-0.05, 0) is 25.5 Å². The fourth-order valence-corrected chi connectivity index (χ4v) is 2.63. The first-order chi connectivity index (χ1) is 10.1. The lowest BCUT2D eigenvalue weighted by atomic mass is 10.1. The van der Waals surface area contributed by atoms with Crippen molar-refractivity contribution in [1.29, 1.82) is 0 Å². The van der Waals surface area contributed by atoms with Crippen molar-refractivity contribution >= 4 is 17.5 Å². The van der Waals surface area contributed by atoms with E-state index in [1.54, 1.807) is 0 Å². The van der Waals surface area contributed by atoms with Gasteiger partial charge in [-0.25, -0.2) is 0 Å². The molecule has 5 heteroatoms. The fourth-order valence-electron chi connectivity index (χ4n) is 2.43. The molecule has 0 aromatic heterocycles. The highest BCUT2D eigenvalue weighted by molar-refractivity contribution is 6.31. The summed E-state index contributed by atoms with van der Waals surface area (Å²) < 4.78 is 5.62. The molecular formula is C16H23ClN2O2. The van der Waals surface area contributed by atoms with Crippen molar-refractivity contribution < 1.29 is 9.53 Å². The fraction of sp³-hybridized carbons (Fsp3) is 0.562. The van der Waals surface area contributed by atoms with Gasteiger partial charge in [0.25, 0.3) is 0 Å². The lowest BCUT2D eigenvalue weighted by Crippen LogP contribution is -2.44. The molecule has 0 bridgehead atoms. The Morgan fingerprint density at radius 2 is 2.24 bits per heavy atom. The molecule has 1 heterocycles. The van der Waals surface area contributed by atoms with E-state index in [4.69, 9.17) is 16.3 Å². The number of amides is 1. The van der Waals surface area contributed by atoms with Crippen molar-refractivity contribution in [1.82, 2.24) is 10.2 Å². The van der Waals surface area contributed by atoms with Gasteiger partial charge in [0.1, 0.15) is 0 Å². The molecule has 4 nitrogen and oxygen atoms in total. The minimum atomic E-state index is -0.0289. The van der Waals surface area contributed by atoms with Crippen molar-refractivity contribution in [3.63, 3.8) is 0 Å². The molecule has 1 aromatic rings. The standard InChI is InChI=1S/C16H23ClN2O2/c1-12(2)19(11-13-5-3-4-6-15(13)17)16(20)9-14-10-18-7-8-21-14/h3-6,12,14,18H,7-11H2,1-2H3/t14-/m1/s1. The Hall–Kier alpha value is -1.10. The molecule has 0 spiro atoms. The highest BCUT2D eigenvalue weighted by Gasteiger charge is 2.23. The van der Waals surface area contributed by atoms with Crippen LogP contribution < -0.4 is 5.32 Å². The quantitative estimate of drug-likeness (QED) is 0.908. The predicted octanol–water partition coefficient (Wildman–Crippen LogP) is 2.46. The molecule has 0 radical (unpaired) electrons. The molecule has 0 unspecified atom stereocenters. The minimum absolute atomic E-state index is 0.0289. The second-order valence-corrected chi connectivity index (χ2v) is 6.02. The predicted molar refractivity (Wildman–Crippen MR) is 84.4 cm³/mol. The maximum Gasteiger partial charge on any atom is 0.225 e. The van der Waals surface area contributed by atoms with E-state index in [0.29, 0.717) is 24.6 Å². The van der Waals surface area contributed by atoms with Crippen LogP contribution in [0.25, 0.3) is 0 Å². The number of halogens is 1. The zero-order valence-corrected chi connectivity index (χ0v) is 13.4. The van der Waals surface area contributed by atoms with Crippen LogP contribution in [-0.2, 0) is 16.1 Å². The Bertz CT molecular complexity index is 473. The van der Waals surface area contributed by atoms with Gasteiger partial charge in [0.15, 0.2) is 0 Å². The average Bonchev–Trinajstić information content (AvgIpc) is 2.47. The zero-order valence-electron chi connectivity index (χ0n) is 12.6. The third-order valence-electron chi connectivity index (χ3n) is 3.65. The minimum Gasteiger partial charge on any atom is -0.375 e. The van der Waals surface area contributed by atoms with Crippen molar-refractivity contribution in [2.45, 2.75) is 39.0 Å². The molecule has 2 rings (SSSR count). The number of rotatable bonds is 5. The molecule has 1 saturated heterocycles. The van der Waals surface area contributed by atoms with Gasteiger partial charge in [-0.15, -0.1) is 0 Å². The molecule has 1 N–H and O–H groups in total. The molecule has 1 fully saturated rings. The zero-order chi connectivity index (χ0) is 15.2. The molecular weight excluding hydrogens is 288 g/mol. The normalized spacial score (nSPS) is 18.8. The van der Waals surface area contributed by atoms with Gasteiger partial charge in [0.05, 0.1) is 19.1 Å². The Morgan fingerprint density at radius 1 is 1.48 bits per heavy atom. The van der Waals surface area contributed by atoms with Gasteiger partial charge < -0.3 is 15.0 Å². The Morgan fingerprint density at radius 3 is 2.86 bits per heavy atom. The van der Waals surface area contributed by atoms with Crippen molar-refractivity contribution in [2.75, 3.05) is 19.7 Å². The van der Waals surface area contributed by atoms with E-state index < -0.39 is 0 Å². The second-order valence-electron chi connectivity index (χ2n) is 5.61. The number of ether oxygens (including phenoxy) is 1. The monoisotopic (exact) mass is 310 g/mol. The highest BCUT2D eigenvalue weighted by Crippen LogP contribution is 2.19. The molecule has 1 aliphatic heterocycles. The summed E-state index contributed by atoms with van der Waals surface area (Å²) in [6.45, 7) is 6.85. The topological polar surface area (TPSA) is 41.6 Å². The number of hydrogen-bond acceptors (Lipinski definition) is 3. The first-order valence-electron chi connectivity index (χ1n) is 7.43. The number of carbonyl (C=O) groups is 1. The smallest absolute Gasteiger partial charge is 0.225 e. The van der Waals surface area contributed by atoms with Crippen molar-refractivity contribution in [2.24, 2.45) is 0 Å². The largest absolute Gasteiger partial charge is 0.375 e. The van der Waals surface area contributed by atoms with Crippen LogP contribution in [0.3, 0.4) is 0 Å². The highest BCUT2D eigenvalue weighted by atomic mass is 35.5. The molecule has 116 valence electrons. The van der Waals surface area contributed by atoms with Crippen LogP contribution in [0.4, 0.5) is 0 Å². The van der Waals surface area contributed by atoms with Gasteiger partial charge in [-0.3, -0.25) is 4.79 Å². The van der Waals surface area contributed by atoms with Crippen LogP contribution in [0.5, 0.6) is 0 Å². The lowest BCUT2D eigenvalue weighted by Gasteiger charge is -2.30. The number of nitrogens with zero attached hydrogens (tertiary/aromatic N) is 1. The molecule has 0 saturated carbocycles. The number of morpholine rings is 1. The summed E-state index contributed by atoms with van der Waals surface area (Å²) in [6.07, 6.45) is 0.383. The third kappa shape index (κ3) is 4.70. The summed E-state index contributed by atoms with van der Waals surface area (Å²) >= 11 is 6.20. The van der Waals surface area contributed by atoms with Crippen LogP contribution in [-0.4, -0.2) is 42.6 Å². The van der Waals surface area contributed by atoms with E-state index >= 15 is 0 Å². The first-order valence-corrected chi connectivity index (χ1v) is 7.81. The average molecular weight is 311 g/mol. The summed E-state index contributed by atoms with van der Waals surface area (Å²) in [5.74, 6) is 0.110. The van der Waals surface area contributed by atoms with Crippen LogP contribution in [0.1, 0.15) is 25.8 Å². The Labute approximate surface area is 131 Å². The van der Waals surface area contributed by atoms with Crippen LogP contribution >= 0.6 is 11.6 Å². The summed E-state index contributed by atoms with van der Waals surface area (Å²) in [7, 11) is 0. The maximum absolute atomic E-state index is 12.5. The summed E-state index contributed by atoms with van der Waals surface area (Å²) in [5, 5.41) is 3.95. The number of benzene rings is 1. The molecule has 1 aromatic carbocycles. The second kappa shape index (κ2) is 7.78. The molecule has 21 heavy (non-hydrogen) atoms. The molecule has 1 amide bonds. The first kappa shape index (κ1) is 16.3. The van der Waals surface area contributed by atoms with Gasteiger partial charge in [-0.1, -0.05) is 29.8 Å². The van der Waals surface area contributed by atoms with Crippen molar-refractivity contribution in [3.05, 3.63) is 34.9 Å². The molecule has 0 aliphatic carbocycles. The third-order valence-corrected chi connectivity index (χ3v) is 4.02. The molecule has 1 atom stereocenters. The van der Waals surface area contributed by atoms with Crippen LogP contribution in [0, 0.1) is 0 Å². The number of hydrogen-bond donors (Lipinski definition) is 1. The van der Waals surface area contributed by atoms with Gasteiger partial charge in [0, 0.05) is 30.7 Å². The SMILES string of the molecule is CC(C)N(Cc1ccccc1Cl)C(=O)C[C@@H]1CNCCO1. The number of carbonyl (C=O) groups excluding carboxylic acids is 1. The van der Waals surface area contributed by atoms with E-state index in [1.165, 1.54) is 0 Å². The Balaban J connectivity index is 2.00. The van der Waals surface area contributed by atoms with E-state index in [2.05, 4.69) is 5.32 Å². The molecule has 1 aliphatic rings. The van der Waals surface area contributed by atoms with Gasteiger partial charge >= 0.3 is 0 Å². The van der Waals surface area contributed by atoms with E-state index in [1.807, 2.05) is 43.0 Å². The number of nitrogens with one attached hydrogen (secondary N) is 1. The van der Waals surface area contributed by atoms with Crippen LogP contribution in [0.2, 0.25) is 5.02 Å². The summed E-state index contributed by atoms with van der Waals surface area (Å²) in [6, 6.07) is 7.79. The van der Waals surface area contributed by atoms with E-state index in [9.17, 15) is 4.79 Å².